The zero-order chi connectivity index (χ0) is 10.4. The molecule has 0 heterocycles. The van der Waals surface area contributed by atoms with Gasteiger partial charge in [0, 0.05) is 11.3 Å². The van der Waals surface area contributed by atoms with Crippen LogP contribution in [0.2, 0.25) is 0 Å². The molecule has 0 spiro atoms. The summed E-state index contributed by atoms with van der Waals surface area (Å²) in [7, 11) is 0. The highest BCUT2D eigenvalue weighted by molar-refractivity contribution is 7.80. The maximum absolute atomic E-state index is 13.3. The lowest BCUT2D eigenvalue weighted by atomic mass is 10.1. The number of halogens is 1. The Balaban J connectivity index is 2.91. The van der Waals surface area contributed by atoms with Crippen molar-refractivity contribution in [3.63, 3.8) is 0 Å². The molecule has 0 bridgehead atoms. The van der Waals surface area contributed by atoms with Crippen LogP contribution in [-0.2, 0) is 6.42 Å². The number of hydrogen-bond donors (Lipinski definition) is 1. The molecular formula is C11H10FNS. The third kappa shape index (κ3) is 2.90. The molecule has 0 saturated carbocycles. The Hall–Kier alpha value is -1.27. The van der Waals surface area contributed by atoms with Crippen molar-refractivity contribution < 1.29 is 4.39 Å². The van der Waals surface area contributed by atoms with E-state index in [2.05, 4.69) is 12.6 Å². The Morgan fingerprint density at radius 3 is 2.86 bits per heavy atom. The van der Waals surface area contributed by atoms with Gasteiger partial charge in [-0.15, -0.1) is 0 Å². The number of benzene rings is 1. The molecule has 0 aliphatic heterocycles. The number of rotatable bonds is 3. The minimum atomic E-state index is -0.296. The van der Waals surface area contributed by atoms with Gasteiger partial charge in [0.05, 0.1) is 12.5 Å². The number of hydrogen-bond acceptors (Lipinski definition) is 2. The molecule has 0 amide bonds. The topological polar surface area (TPSA) is 23.8 Å². The van der Waals surface area contributed by atoms with Gasteiger partial charge in [-0.2, -0.15) is 17.9 Å². The molecule has 72 valence electrons. The molecule has 0 aliphatic carbocycles. The van der Waals surface area contributed by atoms with Crippen molar-refractivity contribution in [2.24, 2.45) is 0 Å². The largest absolute Gasteiger partial charge is 0.206 e. The molecule has 0 radical (unpaired) electrons. The average Bonchev–Trinajstić information content (AvgIpc) is 2.17. The highest BCUT2D eigenvalue weighted by Crippen LogP contribution is 2.12. The van der Waals surface area contributed by atoms with Gasteiger partial charge in [0.2, 0.25) is 0 Å². The quantitative estimate of drug-likeness (QED) is 0.757. The molecular weight excluding hydrogens is 197 g/mol. The van der Waals surface area contributed by atoms with Crippen LogP contribution in [-0.4, -0.2) is 5.75 Å². The van der Waals surface area contributed by atoms with E-state index in [1.807, 2.05) is 6.07 Å². The van der Waals surface area contributed by atoms with Gasteiger partial charge in [0.15, 0.2) is 0 Å². The first-order chi connectivity index (χ1) is 6.77. The first kappa shape index (κ1) is 10.8. The zero-order valence-electron chi connectivity index (χ0n) is 7.57. The SMILES string of the molecule is N#CCc1ccc(C=CCS)c(F)c1. The van der Waals surface area contributed by atoms with E-state index >= 15 is 0 Å². The molecule has 0 aliphatic rings. The molecule has 14 heavy (non-hydrogen) atoms. The van der Waals surface area contributed by atoms with Crippen LogP contribution in [0.4, 0.5) is 4.39 Å². The summed E-state index contributed by atoms with van der Waals surface area (Å²) in [5, 5.41) is 8.42. The van der Waals surface area contributed by atoms with Crippen LogP contribution in [0.5, 0.6) is 0 Å². The summed E-state index contributed by atoms with van der Waals surface area (Å²) >= 11 is 3.99. The maximum atomic E-state index is 13.3. The monoisotopic (exact) mass is 207 g/mol. The number of nitrogens with zero attached hydrogens (tertiary/aromatic N) is 1. The lowest BCUT2D eigenvalue weighted by Crippen LogP contribution is -1.87. The molecule has 1 aromatic carbocycles. The Morgan fingerprint density at radius 1 is 1.50 bits per heavy atom. The Labute approximate surface area is 88.3 Å². The molecule has 1 nitrogen and oxygen atoms in total. The fourth-order valence-corrected chi connectivity index (χ4v) is 1.19. The van der Waals surface area contributed by atoms with Crippen molar-refractivity contribution >= 4 is 18.7 Å². The van der Waals surface area contributed by atoms with Gasteiger partial charge in [-0.1, -0.05) is 24.3 Å². The molecule has 1 aromatic rings. The van der Waals surface area contributed by atoms with Crippen LogP contribution in [0.25, 0.3) is 6.08 Å². The number of thiol groups is 1. The second-order valence-corrected chi connectivity index (χ2v) is 3.14. The predicted octanol–water partition coefficient (Wildman–Crippen LogP) is 2.83. The highest BCUT2D eigenvalue weighted by atomic mass is 32.1. The number of nitriles is 1. The smallest absolute Gasteiger partial charge is 0.130 e. The third-order valence-electron chi connectivity index (χ3n) is 1.75. The highest BCUT2D eigenvalue weighted by Gasteiger charge is 1.99. The van der Waals surface area contributed by atoms with E-state index in [-0.39, 0.29) is 12.2 Å². The summed E-state index contributed by atoms with van der Waals surface area (Å²) in [4.78, 5) is 0. The minimum absolute atomic E-state index is 0.244. The van der Waals surface area contributed by atoms with Crippen LogP contribution >= 0.6 is 12.6 Å². The fraction of sp³-hybridized carbons (Fsp3) is 0.182. The van der Waals surface area contributed by atoms with Gasteiger partial charge in [0.25, 0.3) is 0 Å². The van der Waals surface area contributed by atoms with E-state index in [1.54, 1.807) is 24.3 Å². The first-order valence-electron chi connectivity index (χ1n) is 4.20. The van der Waals surface area contributed by atoms with Crippen molar-refractivity contribution in [1.82, 2.24) is 0 Å². The van der Waals surface area contributed by atoms with Gasteiger partial charge >= 0.3 is 0 Å². The van der Waals surface area contributed by atoms with E-state index in [0.717, 1.165) is 0 Å². The van der Waals surface area contributed by atoms with E-state index in [0.29, 0.717) is 16.9 Å². The van der Waals surface area contributed by atoms with Crippen LogP contribution in [0.15, 0.2) is 24.3 Å². The maximum Gasteiger partial charge on any atom is 0.130 e. The van der Waals surface area contributed by atoms with E-state index < -0.39 is 0 Å². The van der Waals surface area contributed by atoms with E-state index in [9.17, 15) is 4.39 Å². The van der Waals surface area contributed by atoms with Crippen molar-refractivity contribution in [2.45, 2.75) is 6.42 Å². The van der Waals surface area contributed by atoms with Gasteiger partial charge in [-0.25, -0.2) is 4.39 Å². The molecule has 0 atom stereocenters. The third-order valence-corrected chi connectivity index (χ3v) is 1.96. The van der Waals surface area contributed by atoms with E-state index in [1.165, 1.54) is 6.07 Å². The van der Waals surface area contributed by atoms with Crippen LogP contribution < -0.4 is 0 Å². The van der Waals surface area contributed by atoms with Crippen LogP contribution in [0.3, 0.4) is 0 Å². The molecule has 1 rings (SSSR count). The standard InChI is InChI=1S/C11H10FNS/c12-11-8-9(5-6-13)3-4-10(11)2-1-7-14/h1-4,8,14H,5,7H2. The van der Waals surface area contributed by atoms with Gasteiger partial charge in [-0.05, 0) is 11.6 Å². The second kappa shape index (κ2) is 5.46. The second-order valence-electron chi connectivity index (χ2n) is 2.78. The zero-order valence-corrected chi connectivity index (χ0v) is 8.47. The molecule has 0 aromatic heterocycles. The van der Waals surface area contributed by atoms with Crippen molar-refractivity contribution in [3.8, 4) is 6.07 Å². The average molecular weight is 207 g/mol. The van der Waals surface area contributed by atoms with Gasteiger partial charge < -0.3 is 0 Å². The van der Waals surface area contributed by atoms with Crippen LogP contribution in [0.1, 0.15) is 11.1 Å². The van der Waals surface area contributed by atoms with Gasteiger partial charge in [0.1, 0.15) is 5.82 Å². The Morgan fingerprint density at radius 2 is 2.29 bits per heavy atom. The first-order valence-corrected chi connectivity index (χ1v) is 4.84. The molecule has 0 fully saturated rings. The normalized spacial score (nSPS) is 10.4. The molecule has 0 saturated heterocycles. The lowest BCUT2D eigenvalue weighted by molar-refractivity contribution is 0.623. The summed E-state index contributed by atoms with van der Waals surface area (Å²) in [5.74, 6) is 0.287. The lowest BCUT2D eigenvalue weighted by Gasteiger charge is -1.99. The fourth-order valence-electron chi connectivity index (χ4n) is 1.09. The van der Waals surface area contributed by atoms with Crippen molar-refractivity contribution in [2.75, 3.05) is 5.75 Å². The summed E-state index contributed by atoms with van der Waals surface area (Å²) in [5.41, 5.74) is 1.23. The van der Waals surface area contributed by atoms with E-state index in [4.69, 9.17) is 5.26 Å². The van der Waals surface area contributed by atoms with Crippen molar-refractivity contribution in [1.29, 1.82) is 5.26 Å². The molecule has 0 unspecified atom stereocenters. The summed E-state index contributed by atoms with van der Waals surface area (Å²) in [6, 6.07) is 6.79. The summed E-state index contributed by atoms with van der Waals surface area (Å²) < 4.78 is 13.3. The molecule has 3 heteroatoms. The van der Waals surface area contributed by atoms with Gasteiger partial charge in [-0.3, -0.25) is 0 Å². The summed E-state index contributed by atoms with van der Waals surface area (Å²) in [6.45, 7) is 0. The Kier molecular flexibility index (Phi) is 4.21. The van der Waals surface area contributed by atoms with Crippen LogP contribution in [0, 0.1) is 17.1 Å². The predicted molar refractivity (Wildman–Crippen MR) is 58.6 cm³/mol. The Bertz CT molecular complexity index is 379. The van der Waals surface area contributed by atoms with Crippen molar-refractivity contribution in [3.05, 3.63) is 41.2 Å². The summed E-state index contributed by atoms with van der Waals surface area (Å²) in [6.07, 6.45) is 3.69. The molecule has 0 N–H and O–H groups in total. The minimum Gasteiger partial charge on any atom is -0.206 e.